The van der Waals surface area contributed by atoms with E-state index in [2.05, 4.69) is 23.8 Å². The van der Waals surface area contributed by atoms with E-state index in [9.17, 15) is 0 Å². The minimum atomic E-state index is 0.371. The molecule has 0 aliphatic heterocycles. The predicted octanol–water partition coefficient (Wildman–Crippen LogP) is 4.81. The molecular formula is C21H27N5O2S2. The van der Waals surface area contributed by atoms with Crippen LogP contribution < -0.4 is 20.9 Å². The maximum absolute atomic E-state index is 5.86. The van der Waals surface area contributed by atoms with Crippen LogP contribution in [0.2, 0.25) is 0 Å². The molecule has 2 heterocycles. The number of methoxy groups -OCH3 is 1. The number of aryl methyl sites for hydroxylation is 1. The smallest absolute Gasteiger partial charge is 0.191 e. The Morgan fingerprint density at radius 3 is 2.43 bits per heavy atom. The summed E-state index contributed by atoms with van der Waals surface area (Å²) in [5, 5.41) is 1.52. The average Bonchev–Trinajstić information content (AvgIpc) is 3.13. The van der Waals surface area contributed by atoms with Crippen LogP contribution in [0.1, 0.15) is 37.3 Å². The number of aromatic nitrogens is 3. The summed E-state index contributed by atoms with van der Waals surface area (Å²) in [6.07, 6.45) is 2.96. The Morgan fingerprint density at radius 1 is 1.00 bits per heavy atom. The summed E-state index contributed by atoms with van der Waals surface area (Å²) < 4.78 is 11.3. The Bertz CT molecular complexity index is 973. The molecule has 0 saturated heterocycles. The quantitative estimate of drug-likeness (QED) is 0.338. The number of hydrogen-bond donors (Lipinski definition) is 2. The van der Waals surface area contributed by atoms with Crippen molar-refractivity contribution >= 4 is 34.7 Å². The van der Waals surface area contributed by atoms with Gasteiger partial charge in [-0.3, -0.25) is 0 Å². The molecule has 3 aromatic rings. The lowest BCUT2D eigenvalue weighted by molar-refractivity contribution is 0.294. The van der Waals surface area contributed by atoms with E-state index < -0.39 is 0 Å². The highest BCUT2D eigenvalue weighted by Crippen LogP contribution is 2.37. The second-order valence-corrected chi connectivity index (χ2v) is 8.67. The third kappa shape index (κ3) is 5.54. The number of benzene rings is 1. The molecule has 0 aliphatic carbocycles. The van der Waals surface area contributed by atoms with E-state index in [1.165, 1.54) is 16.6 Å². The van der Waals surface area contributed by atoms with Crippen LogP contribution in [0.3, 0.4) is 0 Å². The van der Waals surface area contributed by atoms with E-state index in [1.54, 1.807) is 24.5 Å². The van der Waals surface area contributed by atoms with E-state index >= 15 is 0 Å². The first-order chi connectivity index (χ1) is 14.5. The van der Waals surface area contributed by atoms with Gasteiger partial charge in [0.15, 0.2) is 16.7 Å². The van der Waals surface area contributed by atoms with Crippen molar-refractivity contribution in [3.8, 4) is 22.1 Å². The second kappa shape index (κ2) is 10.5. The molecule has 9 heteroatoms. The summed E-state index contributed by atoms with van der Waals surface area (Å²) in [4.78, 5) is 14.7. The summed E-state index contributed by atoms with van der Waals surface area (Å²) >= 11 is 3.20. The molecule has 0 fully saturated rings. The van der Waals surface area contributed by atoms with Crippen LogP contribution in [-0.2, 0) is 12.2 Å². The lowest BCUT2D eigenvalue weighted by Gasteiger charge is -2.10. The number of nitrogen functional groups attached to an aromatic ring is 2. The fourth-order valence-corrected chi connectivity index (χ4v) is 4.95. The van der Waals surface area contributed by atoms with E-state index in [0.717, 1.165) is 47.0 Å². The Hall–Kier alpha value is -2.52. The molecule has 0 radical (unpaired) electrons. The largest absolute Gasteiger partial charge is 0.493 e. The normalized spacial score (nSPS) is 10.9. The Morgan fingerprint density at radius 2 is 1.77 bits per heavy atom. The molecule has 0 amide bonds. The molecule has 0 atom stereocenters. The average molecular weight is 446 g/mol. The van der Waals surface area contributed by atoms with Crippen molar-refractivity contribution in [3.05, 3.63) is 34.8 Å². The maximum atomic E-state index is 5.86. The zero-order valence-electron chi connectivity index (χ0n) is 17.5. The molecule has 4 N–H and O–H groups in total. The molecule has 0 aliphatic rings. The second-order valence-electron chi connectivity index (χ2n) is 6.64. The molecule has 1 aromatic carbocycles. The topological polar surface area (TPSA) is 109 Å². The number of rotatable bonds is 10. The molecule has 160 valence electrons. The van der Waals surface area contributed by atoms with Gasteiger partial charge in [0.1, 0.15) is 16.6 Å². The Kier molecular flexibility index (Phi) is 7.75. The van der Waals surface area contributed by atoms with Gasteiger partial charge in [0.05, 0.1) is 19.4 Å². The van der Waals surface area contributed by atoms with Crippen molar-refractivity contribution < 1.29 is 9.47 Å². The zero-order valence-corrected chi connectivity index (χ0v) is 19.1. The number of nitrogens with two attached hydrogens (primary N) is 2. The van der Waals surface area contributed by atoms with E-state index in [-0.39, 0.29) is 0 Å². The van der Waals surface area contributed by atoms with Gasteiger partial charge in [-0.1, -0.05) is 32.0 Å². The lowest BCUT2D eigenvalue weighted by Crippen LogP contribution is -1.99. The highest BCUT2D eigenvalue weighted by molar-refractivity contribution is 7.98. The lowest BCUT2D eigenvalue weighted by atomic mass is 10.2. The maximum Gasteiger partial charge on any atom is 0.191 e. The van der Waals surface area contributed by atoms with Gasteiger partial charge >= 0.3 is 0 Å². The van der Waals surface area contributed by atoms with Crippen LogP contribution in [0.15, 0.2) is 29.4 Å². The standard InChI is InChI=1S/C21H27N5O2S2/c1-4-6-17-14(12-29-21-25-18(22)11-19(23)26-21)24-20(30-17)13-7-8-15(27-3)16(10-13)28-9-5-2/h7-8,10-11H,4-6,9,12H2,1-3H3,(H4,22,23,25,26). The third-order valence-corrected chi connectivity index (χ3v) is 6.28. The van der Waals surface area contributed by atoms with Gasteiger partial charge in [-0.25, -0.2) is 15.0 Å². The highest BCUT2D eigenvalue weighted by atomic mass is 32.2. The van der Waals surface area contributed by atoms with Gasteiger partial charge in [0, 0.05) is 22.3 Å². The Balaban J connectivity index is 1.86. The van der Waals surface area contributed by atoms with Crippen LogP contribution in [0.25, 0.3) is 10.6 Å². The van der Waals surface area contributed by atoms with E-state index in [0.29, 0.717) is 29.2 Å². The van der Waals surface area contributed by atoms with Gasteiger partial charge in [-0.2, -0.15) is 0 Å². The Labute approximate surface area is 185 Å². The predicted molar refractivity (Wildman–Crippen MR) is 124 cm³/mol. The summed E-state index contributed by atoms with van der Waals surface area (Å²) in [5.41, 5.74) is 13.6. The van der Waals surface area contributed by atoms with Crippen molar-refractivity contribution in [1.82, 2.24) is 15.0 Å². The molecule has 3 rings (SSSR count). The number of anilines is 2. The van der Waals surface area contributed by atoms with Gasteiger partial charge in [-0.05, 0) is 31.0 Å². The van der Waals surface area contributed by atoms with E-state index in [4.69, 9.17) is 25.9 Å². The van der Waals surface area contributed by atoms with Crippen LogP contribution in [0.5, 0.6) is 11.5 Å². The fourth-order valence-electron chi connectivity index (χ4n) is 2.84. The SMILES string of the molecule is CCCOc1cc(-c2nc(CSc3nc(N)cc(N)n3)c(CCC)s2)ccc1OC. The number of hydrogen-bond acceptors (Lipinski definition) is 9. The number of nitrogens with zero attached hydrogens (tertiary/aromatic N) is 3. The first kappa shape index (κ1) is 22.2. The summed E-state index contributed by atoms with van der Waals surface area (Å²) in [7, 11) is 1.65. The van der Waals surface area contributed by atoms with Crippen molar-refractivity contribution in [3.63, 3.8) is 0 Å². The molecule has 2 aromatic heterocycles. The molecule has 7 nitrogen and oxygen atoms in total. The van der Waals surface area contributed by atoms with Crippen LogP contribution >= 0.6 is 23.1 Å². The number of thioether (sulfide) groups is 1. The molecular weight excluding hydrogens is 418 g/mol. The molecule has 0 saturated carbocycles. The zero-order chi connectivity index (χ0) is 21.5. The minimum Gasteiger partial charge on any atom is -0.493 e. The van der Waals surface area contributed by atoms with E-state index in [1.807, 2.05) is 18.2 Å². The third-order valence-electron chi connectivity index (χ3n) is 4.21. The number of ether oxygens (including phenoxy) is 2. The minimum absolute atomic E-state index is 0.371. The van der Waals surface area contributed by atoms with Gasteiger partial charge < -0.3 is 20.9 Å². The molecule has 0 bridgehead atoms. The van der Waals surface area contributed by atoms with Crippen molar-refractivity contribution in [2.75, 3.05) is 25.2 Å². The molecule has 0 spiro atoms. The van der Waals surface area contributed by atoms with Crippen molar-refractivity contribution in [2.24, 2.45) is 0 Å². The van der Waals surface area contributed by atoms with Gasteiger partial charge in [-0.15, -0.1) is 11.3 Å². The number of thiazole rings is 1. The van der Waals surface area contributed by atoms with Crippen molar-refractivity contribution in [2.45, 2.75) is 44.0 Å². The first-order valence-corrected chi connectivity index (χ1v) is 11.7. The molecule has 0 unspecified atom stereocenters. The summed E-state index contributed by atoms with van der Waals surface area (Å²) in [5.74, 6) is 2.86. The first-order valence-electron chi connectivity index (χ1n) is 9.86. The summed E-state index contributed by atoms with van der Waals surface area (Å²) in [6.45, 7) is 4.89. The monoisotopic (exact) mass is 445 g/mol. The summed E-state index contributed by atoms with van der Waals surface area (Å²) in [6, 6.07) is 7.50. The van der Waals surface area contributed by atoms with Crippen LogP contribution in [-0.4, -0.2) is 28.7 Å². The molecule has 30 heavy (non-hydrogen) atoms. The fraction of sp³-hybridized carbons (Fsp3) is 0.381. The van der Waals surface area contributed by atoms with Crippen LogP contribution in [0.4, 0.5) is 11.6 Å². The van der Waals surface area contributed by atoms with Gasteiger partial charge in [0.2, 0.25) is 0 Å². The van der Waals surface area contributed by atoms with Gasteiger partial charge in [0.25, 0.3) is 0 Å². The van der Waals surface area contributed by atoms with Crippen LogP contribution in [0, 0.1) is 0 Å². The highest BCUT2D eigenvalue weighted by Gasteiger charge is 2.15. The van der Waals surface area contributed by atoms with Crippen molar-refractivity contribution in [1.29, 1.82) is 0 Å².